The van der Waals surface area contributed by atoms with Gasteiger partial charge in [-0.2, -0.15) is 9.57 Å². The van der Waals surface area contributed by atoms with Crippen LogP contribution in [0.1, 0.15) is 12.5 Å². The van der Waals surface area contributed by atoms with Gasteiger partial charge >= 0.3 is 0 Å². The third kappa shape index (κ3) is 4.73. The van der Waals surface area contributed by atoms with Crippen molar-refractivity contribution >= 4 is 25.7 Å². The highest BCUT2D eigenvalue weighted by atomic mass is 32.2. The van der Waals surface area contributed by atoms with Crippen molar-refractivity contribution in [3.63, 3.8) is 0 Å². The molecule has 9 nitrogen and oxygen atoms in total. The smallest absolute Gasteiger partial charge is 0.261 e. The zero-order valence-corrected chi connectivity index (χ0v) is 17.9. The summed E-state index contributed by atoms with van der Waals surface area (Å²) in [6, 6.07) is 11.5. The predicted molar refractivity (Wildman–Crippen MR) is 109 cm³/mol. The molecule has 1 fully saturated rings. The second kappa shape index (κ2) is 9.01. The molecule has 0 aliphatic carbocycles. The minimum absolute atomic E-state index is 0.0626. The molecule has 11 heteroatoms. The number of benzene rings is 2. The first kappa shape index (κ1) is 22.0. The van der Waals surface area contributed by atoms with Gasteiger partial charge < -0.3 is 9.47 Å². The van der Waals surface area contributed by atoms with Crippen molar-refractivity contribution in [3.8, 4) is 11.8 Å². The quantitative estimate of drug-likeness (QED) is 0.680. The zero-order chi connectivity index (χ0) is 21.8. The number of anilines is 1. The molecule has 1 aliphatic rings. The van der Waals surface area contributed by atoms with Crippen LogP contribution in [0.5, 0.6) is 5.75 Å². The first-order valence-corrected chi connectivity index (χ1v) is 12.1. The van der Waals surface area contributed by atoms with Crippen molar-refractivity contribution in [1.29, 1.82) is 5.26 Å². The zero-order valence-electron chi connectivity index (χ0n) is 16.2. The molecular formula is C19H21N3O6S2. The van der Waals surface area contributed by atoms with E-state index in [0.717, 1.165) is 0 Å². The van der Waals surface area contributed by atoms with Crippen LogP contribution in [0, 0.1) is 11.3 Å². The Kier molecular flexibility index (Phi) is 6.62. The van der Waals surface area contributed by atoms with Crippen LogP contribution in [0.25, 0.3) is 0 Å². The summed E-state index contributed by atoms with van der Waals surface area (Å²) in [5.74, 6) is 0.137. The molecule has 0 amide bonds. The summed E-state index contributed by atoms with van der Waals surface area (Å²) in [5, 5.41) is 8.99. The van der Waals surface area contributed by atoms with E-state index in [1.807, 2.05) is 6.07 Å². The molecule has 0 spiro atoms. The van der Waals surface area contributed by atoms with Crippen molar-refractivity contribution in [3.05, 3.63) is 48.0 Å². The molecule has 160 valence electrons. The lowest BCUT2D eigenvalue weighted by molar-refractivity contribution is 0.0729. The van der Waals surface area contributed by atoms with E-state index in [9.17, 15) is 16.8 Å². The molecule has 0 bridgehead atoms. The van der Waals surface area contributed by atoms with Gasteiger partial charge in [-0.3, -0.25) is 4.72 Å². The fourth-order valence-corrected chi connectivity index (χ4v) is 5.58. The molecule has 3 rings (SSSR count). The summed E-state index contributed by atoms with van der Waals surface area (Å²) in [6.07, 6.45) is 0. The summed E-state index contributed by atoms with van der Waals surface area (Å²) < 4.78 is 66.0. The van der Waals surface area contributed by atoms with E-state index in [2.05, 4.69) is 4.72 Å². The van der Waals surface area contributed by atoms with E-state index in [0.29, 0.717) is 0 Å². The van der Waals surface area contributed by atoms with E-state index in [1.165, 1.54) is 46.8 Å². The van der Waals surface area contributed by atoms with Gasteiger partial charge in [0.15, 0.2) is 0 Å². The molecule has 1 heterocycles. The molecule has 0 unspecified atom stereocenters. The van der Waals surface area contributed by atoms with Gasteiger partial charge in [0.2, 0.25) is 10.0 Å². The van der Waals surface area contributed by atoms with E-state index in [-0.39, 0.29) is 59.7 Å². The van der Waals surface area contributed by atoms with Gasteiger partial charge in [0, 0.05) is 13.1 Å². The Morgan fingerprint density at radius 1 is 1.13 bits per heavy atom. The number of nitriles is 1. The Bertz CT molecular complexity index is 1170. The van der Waals surface area contributed by atoms with Crippen LogP contribution in [-0.4, -0.2) is 54.1 Å². The van der Waals surface area contributed by atoms with Gasteiger partial charge in [-0.25, -0.2) is 16.8 Å². The number of nitrogens with zero attached hydrogens (tertiary/aromatic N) is 2. The monoisotopic (exact) mass is 451 g/mol. The number of ether oxygens (including phenoxy) is 2. The molecule has 2 aromatic carbocycles. The third-order valence-corrected chi connectivity index (χ3v) is 7.66. The maximum Gasteiger partial charge on any atom is 0.261 e. The summed E-state index contributed by atoms with van der Waals surface area (Å²) >= 11 is 0. The second-order valence-electron chi connectivity index (χ2n) is 6.36. The Hall–Kier alpha value is -2.65. The van der Waals surface area contributed by atoms with E-state index >= 15 is 0 Å². The molecule has 1 N–H and O–H groups in total. The van der Waals surface area contributed by atoms with Crippen LogP contribution in [-0.2, 0) is 24.8 Å². The van der Waals surface area contributed by atoms with Crippen molar-refractivity contribution < 1.29 is 26.3 Å². The average Bonchev–Trinajstić information content (AvgIpc) is 2.75. The minimum atomic E-state index is -4.03. The van der Waals surface area contributed by atoms with Crippen molar-refractivity contribution in [1.82, 2.24) is 4.31 Å². The highest BCUT2D eigenvalue weighted by Crippen LogP contribution is 2.31. The van der Waals surface area contributed by atoms with Crippen molar-refractivity contribution in [2.75, 3.05) is 37.6 Å². The van der Waals surface area contributed by atoms with Crippen LogP contribution in [0.3, 0.4) is 0 Å². The van der Waals surface area contributed by atoms with Gasteiger partial charge in [0.25, 0.3) is 10.0 Å². The SMILES string of the molecule is CCOc1ccc(NS(=O)(=O)c2cccc(C#N)c2)cc1S(=O)(=O)N1CCOCC1. The molecule has 0 radical (unpaired) electrons. The maximum atomic E-state index is 13.1. The topological polar surface area (TPSA) is 126 Å². The fourth-order valence-electron chi connectivity index (χ4n) is 2.92. The maximum absolute atomic E-state index is 13.1. The minimum Gasteiger partial charge on any atom is -0.492 e. The highest BCUT2D eigenvalue weighted by Gasteiger charge is 2.30. The van der Waals surface area contributed by atoms with Gasteiger partial charge in [-0.1, -0.05) is 6.07 Å². The van der Waals surface area contributed by atoms with Gasteiger partial charge in [-0.15, -0.1) is 0 Å². The molecule has 2 aromatic rings. The predicted octanol–water partition coefficient (Wildman–Crippen LogP) is 1.78. The molecular weight excluding hydrogens is 430 g/mol. The third-order valence-electron chi connectivity index (χ3n) is 4.36. The van der Waals surface area contributed by atoms with Crippen LogP contribution >= 0.6 is 0 Å². The van der Waals surface area contributed by atoms with Crippen LogP contribution in [0.4, 0.5) is 5.69 Å². The largest absolute Gasteiger partial charge is 0.492 e. The molecule has 1 saturated heterocycles. The lowest BCUT2D eigenvalue weighted by atomic mass is 10.2. The number of sulfonamides is 2. The summed E-state index contributed by atoms with van der Waals surface area (Å²) in [5.41, 5.74) is 0.257. The molecule has 0 aromatic heterocycles. The molecule has 1 aliphatic heterocycles. The number of nitrogens with one attached hydrogen (secondary N) is 1. The molecule has 0 atom stereocenters. The number of hydrogen-bond donors (Lipinski definition) is 1. The standard InChI is InChI=1S/C19H21N3O6S2/c1-2-28-18-7-6-16(13-19(18)30(25,26)22-8-10-27-11-9-22)21-29(23,24)17-5-3-4-15(12-17)14-20/h3-7,12-13,21H,2,8-11H2,1H3. The van der Waals surface area contributed by atoms with Crippen molar-refractivity contribution in [2.45, 2.75) is 16.7 Å². The summed E-state index contributed by atoms with van der Waals surface area (Å²) in [4.78, 5) is -0.231. The molecule has 0 saturated carbocycles. The summed E-state index contributed by atoms with van der Waals surface area (Å²) in [6.45, 7) is 2.94. The number of hydrogen-bond acceptors (Lipinski definition) is 7. The first-order chi connectivity index (χ1) is 14.3. The highest BCUT2D eigenvalue weighted by molar-refractivity contribution is 7.92. The average molecular weight is 452 g/mol. The number of rotatable bonds is 7. The van der Waals surface area contributed by atoms with Crippen molar-refractivity contribution in [2.24, 2.45) is 0 Å². The van der Waals surface area contributed by atoms with E-state index < -0.39 is 20.0 Å². The Balaban J connectivity index is 1.98. The fraction of sp³-hybridized carbons (Fsp3) is 0.316. The lowest BCUT2D eigenvalue weighted by Crippen LogP contribution is -2.40. The summed E-state index contributed by atoms with van der Waals surface area (Å²) in [7, 11) is -7.95. The van der Waals surface area contributed by atoms with Gasteiger partial charge in [0.1, 0.15) is 10.6 Å². The van der Waals surface area contributed by atoms with Gasteiger partial charge in [0.05, 0.1) is 42.0 Å². The van der Waals surface area contributed by atoms with E-state index in [1.54, 1.807) is 6.92 Å². The lowest BCUT2D eigenvalue weighted by Gasteiger charge is -2.27. The first-order valence-electron chi connectivity index (χ1n) is 9.15. The Labute approximate surface area is 175 Å². The van der Waals surface area contributed by atoms with Crippen LogP contribution in [0.2, 0.25) is 0 Å². The normalized spacial score (nSPS) is 15.3. The van der Waals surface area contributed by atoms with Crippen LogP contribution in [0.15, 0.2) is 52.3 Å². The second-order valence-corrected chi connectivity index (χ2v) is 9.94. The van der Waals surface area contributed by atoms with Gasteiger partial charge in [-0.05, 0) is 43.3 Å². The molecule has 30 heavy (non-hydrogen) atoms. The van der Waals surface area contributed by atoms with Crippen LogP contribution < -0.4 is 9.46 Å². The Morgan fingerprint density at radius 3 is 2.53 bits per heavy atom. The number of morpholine rings is 1. The van der Waals surface area contributed by atoms with E-state index in [4.69, 9.17) is 14.7 Å². The Morgan fingerprint density at radius 2 is 1.87 bits per heavy atom.